The maximum atomic E-state index is 5.96. The largest absolute Gasteiger partial charge is 0.338 e. The Hall–Kier alpha value is -3.25. The highest BCUT2D eigenvalue weighted by Gasteiger charge is 2.11. The number of hydrogen-bond donors (Lipinski definition) is 2. The number of hydrogen-bond acceptors (Lipinski definition) is 6. The Morgan fingerprint density at radius 2 is 1.48 bits per heavy atom. The molecule has 0 bridgehead atoms. The van der Waals surface area contributed by atoms with Gasteiger partial charge in [-0.15, -0.1) is 0 Å². The van der Waals surface area contributed by atoms with Crippen LogP contribution in [0.25, 0.3) is 11.2 Å². The van der Waals surface area contributed by atoms with Crippen molar-refractivity contribution in [3.8, 4) is 0 Å². The second-order valence-corrected chi connectivity index (χ2v) is 6.69. The van der Waals surface area contributed by atoms with Crippen molar-refractivity contribution in [3.05, 3.63) is 71.0 Å². The van der Waals surface area contributed by atoms with E-state index in [0.29, 0.717) is 28.0 Å². The monoisotopic (exact) mass is 376 g/mol. The van der Waals surface area contributed by atoms with Gasteiger partial charge in [0.1, 0.15) is 0 Å². The molecule has 0 fully saturated rings. The summed E-state index contributed by atoms with van der Waals surface area (Å²) < 4.78 is 0. The first-order valence-electron chi connectivity index (χ1n) is 8.43. The molecule has 0 unspecified atom stereocenters. The molecular weight excluding hydrogens is 360 g/mol. The molecule has 0 amide bonds. The van der Waals surface area contributed by atoms with Gasteiger partial charge in [0.05, 0.1) is 0 Å². The number of halogens is 1. The van der Waals surface area contributed by atoms with E-state index in [1.807, 2.05) is 36.4 Å². The molecule has 2 heterocycles. The van der Waals surface area contributed by atoms with Crippen molar-refractivity contribution >= 4 is 45.9 Å². The van der Waals surface area contributed by atoms with Gasteiger partial charge in [0.2, 0.25) is 5.95 Å². The number of fused-ring (bicyclic) bond motifs is 1. The highest BCUT2D eigenvalue weighted by molar-refractivity contribution is 6.30. The van der Waals surface area contributed by atoms with Gasteiger partial charge in [-0.05, 0) is 61.4 Å². The van der Waals surface area contributed by atoms with Crippen LogP contribution in [0.2, 0.25) is 5.02 Å². The molecule has 2 aromatic carbocycles. The third-order valence-electron chi connectivity index (χ3n) is 3.92. The summed E-state index contributed by atoms with van der Waals surface area (Å²) in [6.07, 6.45) is 3.23. The van der Waals surface area contributed by atoms with Crippen LogP contribution in [0.3, 0.4) is 0 Å². The highest BCUT2D eigenvalue weighted by atomic mass is 35.5. The molecule has 0 aliphatic heterocycles. The smallest absolute Gasteiger partial charge is 0.231 e. The van der Waals surface area contributed by atoms with Gasteiger partial charge in [0, 0.05) is 28.8 Å². The maximum absolute atomic E-state index is 5.96. The van der Waals surface area contributed by atoms with Crippen molar-refractivity contribution in [3.63, 3.8) is 0 Å². The Morgan fingerprint density at radius 1 is 0.778 bits per heavy atom. The third kappa shape index (κ3) is 3.96. The Labute approximate surface area is 161 Å². The first-order valence-corrected chi connectivity index (χ1v) is 8.81. The van der Waals surface area contributed by atoms with Crippen LogP contribution in [0, 0.1) is 13.8 Å². The predicted octanol–water partition coefficient (Wildman–Crippen LogP) is 5.18. The fourth-order valence-electron chi connectivity index (χ4n) is 2.85. The molecule has 0 saturated carbocycles. The molecule has 4 rings (SSSR count). The Balaban J connectivity index is 1.74. The number of benzene rings is 2. The summed E-state index contributed by atoms with van der Waals surface area (Å²) in [6, 6.07) is 13.6. The summed E-state index contributed by atoms with van der Waals surface area (Å²) in [6.45, 7) is 4.11. The fourth-order valence-corrected chi connectivity index (χ4v) is 2.98. The zero-order valence-electron chi connectivity index (χ0n) is 14.9. The van der Waals surface area contributed by atoms with Crippen molar-refractivity contribution in [2.24, 2.45) is 0 Å². The van der Waals surface area contributed by atoms with Crippen LogP contribution in [0.5, 0.6) is 0 Å². The lowest BCUT2D eigenvalue weighted by Gasteiger charge is -2.11. The van der Waals surface area contributed by atoms with Crippen LogP contribution in [-0.2, 0) is 0 Å². The van der Waals surface area contributed by atoms with Gasteiger partial charge >= 0.3 is 0 Å². The minimum absolute atomic E-state index is 0.449. The van der Waals surface area contributed by atoms with Crippen LogP contribution in [0.1, 0.15) is 11.1 Å². The van der Waals surface area contributed by atoms with Gasteiger partial charge < -0.3 is 10.6 Å². The average Bonchev–Trinajstić information content (AvgIpc) is 2.63. The van der Waals surface area contributed by atoms with Crippen molar-refractivity contribution < 1.29 is 0 Å². The lowest BCUT2D eigenvalue weighted by atomic mass is 10.1. The van der Waals surface area contributed by atoms with Crippen LogP contribution in [0.4, 0.5) is 23.1 Å². The summed E-state index contributed by atoms with van der Waals surface area (Å²) in [7, 11) is 0. The van der Waals surface area contributed by atoms with E-state index in [-0.39, 0.29) is 0 Å². The van der Waals surface area contributed by atoms with E-state index in [1.165, 1.54) is 0 Å². The molecule has 6 nitrogen and oxygen atoms in total. The molecule has 27 heavy (non-hydrogen) atoms. The number of aryl methyl sites for hydroxylation is 2. The van der Waals surface area contributed by atoms with E-state index in [2.05, 4.69) is 50.5 Å². The summed E-state index contributed by atoms with van der Waals surface area (Å²) in [5.41, 5.74) is 5.21. The molecule has 4 aromatic rings. The normalized spacial score (nSPS) is 10.8. The molecule has 0 spiro atoms. The van der Waals surface area contributed by atoms with Gasteiger partial charge in [-0.25, -0.2) is 9.97 Å². The molecule has 0 radical (unpaired) electrons. The van der Waals surface area contributed by atoms with Crippen molar-refractivity contribution in [1.29, 1.82) is 0 Å². The fraction of sp³-hybridized carbons (Fsp3) is 0.100. The van der Waals surface area contributed by atoms with Gasteiger partial charge in [-0.1, -0.05) is 17.7 Å². The van der Waals surface area contributed by atoms with E-state index >= 15 is 0 Å². The van der Waals surface area contributed by atoms with E-state index in [1.54, 1.807) is 12.4 Å². The number of rotatable bonds is 4. The van der Waals surface area contributed by atoms with Gasteiger partial charge in [-0.3, -0.25) is 0 Å². The molecule has 0 aliphatic carbocycles. The Bertz CT molecular complexity index is 1090. The predicted molar refractivity (Wildman–Crippen MR) is 109 cm³/mol. The van der Waals surface area contributed by atoms with E-state index in [0.717, 1.165) is 22.5 Å². The van der Waals surface area contributed by atoms with Crippen LogP contribution in [0.15, 0.2) is 54.9 Å². The van der Waals surface area contributed by atoms with Crippen LogP contribution in [-0.4, -0.2) is 19.9 Å². The quantitative estimate of drug-likeness (QED) is 0.511. The number of nitrogens with one attached hydrogen (secondary N) is 2. The third-order valence-corrected chi connectivity index (χ3v) is 4.17. The molecule has 2 aromatic heterocycles. The second kappa shape index (κ2) is 7.17. The molecule has 0 atom stereocenters. The summed E-state index contributed by atoms with van der Waals surface area (Å²) in [5.74, 6) is 1.02. The molecule has 2 N–H and O–H groups in total. The van der Waals surface area contributed by atoms with Crippen molar-refractivity contribution in [1.82, 2.24) is 19.9 Å². The standard InChI is InChI=1S/C20H17ClN6/c1-12-9-13(2)11-16(10-12)25-20-26-18-17(22-7-8-23-18)19(27-20)24-15-5-3-14(21)4-6-15/h3-11H,1-2H3,(H2,23,24,25,26,27). The molecule has 7 heteroatoms. The first kappa shape index (κ1) is 17.2. The van der Waals surface area contributed by atoms with Crippen LogP contribution < -0.4 is 10.6 Å². The topological polar surface area (TPSA) is 75.6 Å². The second-order valence-electron chi connectivity index (χ2n) is 6.26. The number of anilines is 4. The van der Waals surface area contributed by atoms with Crippen LogP contribution >= 0.6 is 11.6 Å². The Kier molecular flexibility index (Phi) is 4.56. The highest BCUT2D eigenvalue weighted by Crippen LogP contribution is 2.25. The maximum Gasteiger partial charge on any atom is 0.231 e. The SMILES string of the molecule is Cc1cc(C)cc(Nc2nc(Nc3ccc(Cl)cc3)c3nccnc3n2)c1. The van der Waals surface area contributed by atoms with Gasteiger partial charge in [-0.2, -0.15) is 9.97 Å². The van der Waals surface area contributed by atoms with E-state index in [9.17, 15) is 0 Å². The first-order chi connectivity index (χ1) is 13.1. The zero-order chi connectivity index (χ0) is 18.8. The number of aromatic nitrogens is 4. The minimum atomic E-state index is 0.449. The lowest BCUT2D eigenvalue weighted by molar-refractivity contribution is 1.15. The molecular formula is C20H17ClN6. The summed E-state index contributed by atoms with van der Waals surface area (Å²) >= 11 is 5.96. The van der Waals surface area contributed by atoms with Crippen molar-refractivity contribution in [2.45, 2.75) is 13.8 Å². The molecule has 0 aliphatic rings. The van der Waals surface area contributed by atoms with E-state index in [4.69, 9.17) is 11.6 Å². The molecule has 0 saturated heterocycles. The van der Waals surface area contributed by atoms with Gasteiger partial charge in [0.15, 0.2) is 17.0 Å². The number of nitrogens with zero attached hydrogens (tertiary/aromatic N) is 4. The summed E-state index contributed by atoms with van der Waals surface area (Å²) in [4.78, 5) is 17.8. The van der Waals surface area contributed by atoms with E-state index < -0.39 is 0 Å². The average molecular weight is 377 g/mol. The lowest BCUT2D eigenvalue weighted by Crippen LogP contribution is -2.04. The zero-order valence-corrected chi connectivity index (χ0v) is 15.6. The molecule has 134 valence electrons. The Morgan fingerprint density at radius 3 is 2.22 bits per heavy atom. The summed E-state index contributed by atoms with van der Waals surface area (Å²) in [5, 5.41) is 7.20. The minimum Gasteiger partial charge on any atom is -0.338 e. The van der Waals surface area contributed by atoms with Crippen molar-refractivity contribution in [2.75, 3.05) is 10.6 Å². The van der Waals surface area contributed by atoms with Gasteiger partial charge in [0.25, 0.3) is 0 Å².